The molecule has 2 aromatic carbocycles. The van der Waals surface area contributed by atoms with Crippen LogP contribution in [0, 0.1) is 0 Å². The van der Waals surface area contributed by atoms with E-state index in [4.69, 9.17) is 11.6 Å². The fourth-order valence-corrected chi connectivity index (χ4v) is 4.74. The van der Waals surface area contributed by atoms with Crippen LogP contribution in [0.25, 0.3) is 5.69 Å². The van der Waals surface area contributed by atoms with Crippen LogP contribution in [0.3, 0.4) is 0 Å². The molecular weight excluding hydrogens is 370 g/mol. The highest BCUT2D eigenvalue weighted by atomic mass is 35.5. The molecule has 134 valence electrons. The van der Waals surface area contributed by atoms with Gasteiger partial charge in [-0.1, -0.05) is 41.9 Å². The van der Waals surface area contributed by atoms with E-state index in [1.807, 2.05) is 42.5 Å². The lowest BCUT2D eigenvalue weighted by Gasteiger charge is -2.42. The largest absolute Gasteiger partial charge is 0.244 e. The molecule has 0 radical (unpaired) electrons. The first-order valence-electron chi connectivity index (χ1n) is 8.39. The Kier molecular flexibility index (Phi) is 4.34. The number of benzene rings is 2. The lowest BCUT2D eigenvalue weighted by Crippen LogP contribution is -2.50. The molecule has 4 rings (SSSR count). The first-order chi connectivity index (χ1) is 12.5. The number of rotatable bonds is 5. The average molecular weight is 388 g/mol. The topological polar surface area (TPSA) is 64.0 Å². The van der Waals surface area contributed by atoms with E-state index in [1.54, 1.807) is 16.8 Å². The summed E-state index contributed by atoms with van der Waals surface area (Å²) in [4.78, 5) is 0.154. The minimum absolute atomic E-state index is 0.154. The van der Waals surface area contributed by atoms with Crippen molar-refractivity contribution < 1.29 is 8.42 Å². The van der Waals surface area contributed by atoms with Crippen molar-refractivity contribution in [3.63, 3.8) is 0 Å². The van der Waals surface area contributed by atoms with Gasteiger partial charge < -0.3 is 0 Å². The number of para-hydroxylation sites is 1. The molecule has 1 fully saturated rings. The summed E-state index contributed by atoms with van der Waals surface area (Å²) in [6.07, 6.45) is 5.42. The fourth-order valence-electron chi connectivity index (χ4n) is 3.23. The highest BCUT2D eigenvalue weighted by molar-refractivity contribution is 7.89. The van der Waals surface area contributed by atoms with Crippen LogP contribution in [-0.2, 0) is 15.6 Å². The molecule has 1 N–H and O–H groups in total. The van der Waals surface area contributed by atoms with Crippen molar-refractivity contribution in [2.75, 3.05) is 0 Å². The van der Waals surface area contributed by atoms with Crippen molar-refractivity contribution >= 4 is 21.6 Å². The van der Waals surface area contributed by atoms with E-state index >= 15 is 0 Å². The zero-order chi connectivity index (χ0) is 18.2. The van der Waals surface area contributed by atoms with Crippen molar-refractivity contribution in [3.05, 3.63) is 77.6 Å². The first-order valence-corrected chi connectivity index (χ1v) is 10.2. The van der Waals surface area contributed by atoms with Crippen LogP contribution in [0.15, 0.2) is 71.9 Å². The maximum atomic E-state index is 12.9. The normalized spacial score (nSPS) is 16.2. The van der Waals surface area contributed by atoms with Crippen molar-refractivity contribution in [1.29, 1.82) is 0 Å². The monoisotopic (exact) mass is 387 g/mol. The molecule has 0 aliphatic heterocycles. The highest BCUT2D eigenvalue weighted by Gasteiger charge is 2.42. The predicted molar refractivity (Wildman–Crippen MR) is 101 cm³/mol. The Morgan fingerprint density at radius 3 is 2.35 bits per heavy atom. The summed E-state index contributed by atoms with van der Waals surface area (Å²) in [5, 5.41) is 4.83. The second-order valence-electron chi connectivity index (χ2n) is 6.50. The standard InChI is InChI=1S/C19H18ClN3O2S/c20-16-9-7-15(8-10-16)19(11-4-12-19)22-26(24,25)18-13-21-23(14-18)17-5-2-1-3-6-17/h1-3,5-10,13-14,22H,4,11-12H2. The third kappa shape index (κ3) is 3.16. The van der Waals surface area contributed by atoms with Gasteiger partial charge in [0.15, 0.2) is 0 Å². The molecule has 1 aliphatic carbocycles. The zero-order valence-electron chi connectivity index (χ0n) is 14.0. The summed E-state index contributed by atoms with van der Waals surface area (Å²) in [5.41, 5.74) is 1.18. The van der Waals surface area contributed by atoms with E-state index < -0.39 is 15.6 Å². The van der Waals surface area contributed by atoms with E-state index in [1.165, 1.54) is 12.4 Å². The Morgan fingerprint density at radius 1 is 1.04 bits per heavy atom. The molecule has 7 heteroatoms. The zero-order valence-corrected chi connectivity index (χ0v) is 15.5. The van der Waals surface area contributed by atoms with Gasteiger partial charge in [-0.25, -0.2) is 17.8 Å². The second kappa shape index (κ2) is 6.54. The molecule has 1 aliphatic rings. The average Bonchev–Trinajstić information content (AvgIpc) is 3.11. The molecule has 1 heterocycles. The van der Waals surface area contributed by atoms with Crippen LogP contribution < -0.4 is 4.72 Å². The molecule has 1 aromatic heterocycles. The van der Waals surface area contributed by atoms with Crippen molar-refractivity contribution in [2.24, 2.45) is 0 Å². The maximum Gasteiger partial charge on any atom is 0.244 e. The van der Waals surface area contributed by atoms with Crippen molar-refractivity contribution in [3.8, 4) is 5.69 Å². The van der Waals surface area contributed by atoms with Gasteiger partial charge in [0.2, 0.25) is 10.0 Å². The Labute approximate surface area is 157 Å². The molecule has 26 heavy (non-hydrogen) atoms. The molecule has 0 amide bonds. The summed E-state index contributed by atoms with van der Waals surface area (Å²) < 4.78 is 30.3. The van der Waals surface area contributed by atoms with Gasteiger partial charge in [0, 0.05) is 5.02 Å². The second-order valence-corrected chi connectivity index (χ2v) is 8.62. The Hall–Kier alpha value is -2.15. The number of aromatic nitrogens is 2. The summed E-state index contributed by atoms with van der Waals surface area (Å²) in [6, 6.07) is 16.8. The van der Waals surface area contributed by atoms with Crippen LogP contribution >= 0.6 is 11.6 Å². The summed E-state index contributed by atoms with van der Waals surface area (Å²) in [6.45, 7) is 0. The van der Waals surface area contributed by atoms with Crippen LogP contribution in [0.2, 0.25) is 5.02 Å². The lowest BCUT2D eigenvalue weighted by atomic mass is 9.73. The SMILES string of the molecule is O=S(=O)(NC1(c2ccc(Cl)cc2)CCC1)c1cnn(-c2ccccc2)c1. The van der Waals surface area contributed by atoms with Crippen LogP contribution in [0.1, 0.15) is 24.8 Å². The minimum atomic E-state index is -3.69. The molecule has 1 saturated carbocycles. The number of nitrogens with one attached hydrogen (secondary N) is 1. The van der Waals surface area contributed by atoms with Gasteiger partial charge in [-0.05, 0) is 49.1 Å². The fraction of sp³-hybridized carbons (Fsp3) is 0.211. The van der Waals surface area contributed by atoms with Gasteiger partial charge in [0.1, 0.15) is 4.90 Å². The molecule has 0 saturated heterocycles. The van der Waals surface area contributed by atoms with Gasteiger partial charge in [0.05, 0.1) is 23.6 Å². The van der Waals surface area contributed by atoms with E-state index in [-0.39, 0.29) is 4.90 Å². The number of hydrogen-bond donors (Lipinski definition) is 1. The van der Waals surface area contributed by atoms with E-state index in [0.717, 1.165) is 30.5 Å². The molecule has 0 spiro atoms. The van der Waals surface area contributed by atoms with Crippen molar-refractivity contribution in [1.82, 2.24) is 14.5 Å². The lowest BCUT2D eigenvalue weighted by molar-refractivity contribution is 0.224. The van der Waals surface area contributed by atoms with Crippen LogP contribution in [0.5, 0.6) is 0 Å². The van der Waals surface area contributed by atoms with Crippen LogP contribution in [0.4, 0.5) is 0 Å². The van der Waals surface area contributed by atoms with Gasteiger partial charge in [-0.2, -0.15) is 5.10 Å². The third-order valence-electron chi connectivity index (χ3n) is 4.82. The van der Waals surface area contributed by atoms with Gasteiger partial charge in [-0.3, -0.25) is 0 Å². The van der Waals surface area contributed by atoms with Crippen molar-refractivity contribution in [2.45, 2.75) is 29.7 Å². The molecule has 0 atom stereocenters. The number of halogens is 1. The van der Waals surface area contributed by atoms with Gasteiger partial charge >= 0.3 is 0 Å². The molecule has 0 unspecified atom stereocenters. The highest BCUT2D eigenvalue weighted by Crippen LogP contribution is 2.42. The van der Waals surface area contributed by atoms with Gasteiger partial charge in [0.25, 0.3) is 0 Å². The predicted octanol–water partition coefficient (Wildman–Crippen LogP) is 3.88. The third-order valence-corrected chi connectivity index (χ3v) is 6.57. The molecule has 5 nitrogen and oxygen atoms in total. The van der Waals surface area contributed by atoms with E-state index in [9.17, 15) is 8.42 Å². The number of hydrogen-bond acceptors (Lipinski definition) is 3. The molecule has 0 bridgehead atoms. The quantitative estimate of drug-likeness (QED) is 0.722. The smallest absolute Gasteiger partial charge is 0.240 e. The Morgan fingerprint density at radius 2 is 1.73 bits per heavy atom. The Balaban J connectivity index is 1.63. The molecular formula is C19H18ClN3O2S. The van der Waals surface area contributed by atoms with Gasteiger partial charge in [-0.15, -0.1) is 0 Å². The number of nitrogens with zero attached hydrogens (tertiary/aromatic N) is 2. The first kappa shape index (κ1) is 17.3. The number of sulfonamides is 1. The maximum absolute atomic E-state index is 12.9. The Bertz CT molecular complexity index is 1010. The van der Waals surface area contributed by atoms with E-state index in [2.05, 4.69) is 9.82 Å². The summed E-state index contributed by atoms with van der Waals surface area (Å²) in [7, 11) is -3.69. The summed E-state index contributed by atoms with van der Waals surface area (Å²) >= 11 is 5.96. The van der Waals surface area contributed by atoms with E-state index in [0.29, 0.717) is 5.02 Å². The summed E-state index contributed by atoms with van der Waals surface area (Å²) in [5.74, 6) is 0. The molecule has 3 aromatic rings. The minimum Gasteiger partial charge on any atom is -0.240 e. The van der Waals surface area contributed by atoms with Crippen LogP contribution in [-0.4, -0.2) is 18.2 Å².